The number of ketones is 1. The second-order valence-electron chi connectivity index (χ2n) is 5.35. The van der Waals surface area contributed by atoms with E-state index < -0.39 is 0 Å². The zero-order valence-corrected chi connectivity index (χ0v) is 10.9. The maximum atomic E-state index is 11.2. The second-order valence-corrected chi connectivity index (χ2v) is 5.35. The molecule has 1 aliphatic carbocycles. The Morgan fingerprint density at radius 1 is 1.24 bits per heavy atom. The molecule has 1 aliphatic heterocycles. The molecular weight excluding hydrogens is 212 g/mol. The molecule has 1 heterocycles. The number of Topliss-reactive ketones (excluding diaryl/α,β-unsaturated/α-hetero) is 1. The van der Waals surface area contributed by atoms with Crippen LogP contribution in [0.15, 0.2) is 12.3 Å². The van der Waals surface area contributed by atoms with Gasteiger partial charge in [-0.15, -0.1) is 0 Å². The van der Waals surface area contributed by atoms with Gasteiger partial charge in [-0.25, -0.2) is 0 Å². The Bertz CT molecular complexity index is 283. The fourth-order valence-electron chi connectivity index (χ4n) is 2.99. The average molecular weight is 236 g/mol. The Morgan fingerprint density at radius 3 is 2.35 bits per heavy atom. The number of hydrogen-bond acceptors (Lipinski definition) is 3. The summed E-state index contributed by atoms with van der Waals surface area (Å²) < 4.78 is 0. The highest BCUT2D eigenvalue weighted by atomic mass is 16.1. The van der Waals surface area contributed by atoms with Gasteiger partial charge in [-0.3, -0.25) is 4.79 Å². The molecule has 0 aromatic rings. The first-order chi connectivity index (χ1) is 8.20. The molecule has 3 nitrogen and oxygen atoms in total. The Kier molecular flexibility index (Phi) is 4.21. The van der Waals surface area contributed by atoms with E-state index in [0.29, 0.717) is 17.7 Å². The molecular formula is C14H24N2O. The van der Waals surface area contributed by atoms with Crippen molar-refractivity contribution in [3.8, 4) is 0 Å². The molecule has 2 fully saturated rings. The summed E-state index contributed by atoms with van der Waals surface area (Å²) in [6, 6.07) is 0.673. The minimum Gasteiger partial charge on any atom is -0.375 e. The van der Waals surface area contributed by atoms with Gasteiger partial charge in [0.05, 0.1) is 0 Å². The van der Waals surface area contributed by atoms with Crippen LogP contribution >= 0.6 is 0 Å². The van der Waals surface area contributed by atoms with Crippen LogP contribution in [0.4, 0.5) is 0 Å². The van der Waals surface area contributed by atoms with Gasteiger partial charge in [0.2, 0.25) is 0 Å². The molecule has 96 valence electrons. The molecule has 0 amide bonds. The molecule has 0 aromatic heterocycles. The summed E-state index contributed by atoms with van der Waals surface area (Å²) in [6.07, 6.45) is 5.98. The van der Waals surface area contributed by atoms with E-state index in [1.54, 1.807) is 0 Å². The van der Waals surface area contributed by atoms with Crippen LogP contribution in [0, 0.1) is 5.92 Å². The van der Waals surface area contributed by atoms with Crippen molar-refractivity contribution in [2.75, 3.05) is 20.1 Å². The Morgan fingerprint density at radius 2 is 1.82 bits per heavy atom. The Balaban J connectivity index is 1.82. The molecule has 2 aliphatic rings. The van der Waals surface area contributed by atoms with Crippen LogP contribution in [-0.4, -0.2) is 36.9 Å². The van der Waals surface area contributed by atoms with Gasteiger partial charge in [-0.1, -0.05) is 6.58 Å². The number of nitrogens with one attached hydrogen (secondary N) is 1. The summed E-state index contributed by atoms with van der Waals surface area (Å²) in [4.78, 5) is 13.7. The van der Waals surface area contributed by atoms with Crippen LogP contribution in [0.1, 0.15) is 38.5 Å². The largest absolute Gasteiger partial charge is 0.375 e. The molecule has 1 saturated heterocycles. The zero-order valence-electron chi connectivity index (χ0n) is 10.9. The van der Waals surface area contributed by atoms with Crippen LogP contribution in [0.3, 0.4) is 0 Å². The predicted octanol–water partition coefficient (Wildman–Crippen LogP) is 1.94. The number of carbonyl (C=O) groups is 1. The van der Waals surface area contributed by atoms with E-state index in [9.17, 15) is 4.79 Å². The number of allylic oxidation sites excluding steroid dienone is 1. The third-order valence-electron chi connectivity index (χ3n) is 4.32. The van der Waals surface area contributed by atoms with Gasteiger partial charge in [0.25, 0.3) is 0 Å². The van der Waals surface area contributed by atoms with Crippen LogP contribution in [0.5, 0.6) is 0 Å². The molecule has 17 heavy (non-hydrogen) atoms. The second kappa shape index (κ2) is 5.67. The van der Waals surface area contributed by atoms with Gasteiger partial charge in [-0.2, -0.15) is 0 Å². The van der Waals surface area contributed by atoms with Crippen LogP contribution in [0.2, 0.25) is 0 Å². The van der Waals surface area contributed by atoms with Gasteiger partial charge < -0.3 is 10.2 Å². The van der Waals surface area contributed by atoms with Crippen molar-refractivity contribution in [1.82, 2.24) is 10.2 Å². The van der Waals surface area contributed by atoms with E-state index in [0.717, 1.165) is 38.8 Å². The summed E-state index contributed by atoms with van der Waals surface area (Å²) in [5.41, 5.74) is 1.28. The van der Waals surface area contributed by atoms with Crippen molar-refractivity contribution in [3.05, 3.63) is 12.3 Å². The highest BCUT2D eigenvalue weighted by Gasteiger charge is 2.26. The van der Waals surface area contributed by atoms with Crippen molar-refractivity contribution in [2.45, 2.75) is 44.6 Å². The Hall–Kier alpha value is -0.830. The summed E-state index contributed by atoms with van der Waals surface area (Å²) in [5.74, 6) is 0.988. The summed E-state index contributed by atoms with van der Waals surface area (Å²) in [6.45, 7) is 6.51. The summed E-state index contributed by atoms with van der Waals surface area (Å²) >= 11 is 0. The lowest BCUT2D eigenvalue weighted by molar-refractivity contribution is -0.120. The maximum absolute atomic E-state index is 11.2. The minimum absolute atomic E-state index is 0.433. The first kappa shape index (κ1) is 12.6. The highest BCUT2D eigenvalue weighted by Crippen LogP contribution is 2.30. The topological polar surface area (TPSA) is 32.3 Å². The lowest BCUT2D eigenvalue weighted by Gasteiger charge is -2.38. The normalized spacial score (nSPS) is 24.1. The summed E-state index contributed by atoms with van der Waals surface area (Å²) in [5, 5.41) is 3.35. The van der Waals surface area contributed by atoms with Gasteiger partial charge in [0.15, 0.2) is 0 Å². The van der Waals surface area contributed by atoms with E-state index in [1.807, 2.05) is 7.05 Å². The molecule has 0 atom stereocenters. The SMILES string of the molecule is C=C(C1CCC(=O)CC1)N1CCC(NC)CC1. The van der Waals surface area contributed by atoms with E-state index in [1.165, 1.54) is 18.5 Å². The number of carbonyl (C=O) groups excluding carboxylic acids is 1. The molecule has 0 radical (unpaired) electrons. The van der Waals surface area contributed by atoms with Gasteiger partial charge in [0, 0.05) is 37.7 Å². The summed E-state index contributed by atoms with van der Waals surface area (Å²) in [7, 11) is 2.04. The molecule has 0 spiro atoms. The van der Waals surface area contributed by atoms with E-state index in [2.05, 4.69) is 16.8 Å². The van der Waals surface area contributed by atoms with Gasteiger partial charge in [0.1, 0.15) is 5.78 Å². The number of rotatable bonds is 3. The molecule has 1 saturated carbocycles. The Labute approximate surface area is 104 Å². The third kappa shape index (κ3) is 3.09. The molecule has 0 bridgehead atoms. The highest BCUT2D eigenvalue weighted by molar-refractivity contribution is 5.79. The van der Waals surface area contributed by atoms with Crippen LogP contribution in [-0.2, 0) is 4.79 Å². The lowest BCUT2D eigenvalue weighted by Crippen LogP contribution is -2.42. The standard InChI is InChI=1S/C14H24N2O/c1-11(12-3-5-14(17)6-4-12)16-9-7-13(15-2)8-10-16/h12-13,15H,1,3-10H2,2H3. The van der Waals surface area contributed by atoms with Gasteiger partial charge >= 0.3 is 0 Å². The number of nitrogens with zero attached hydrogens (tertiary/aromatic N) is 1. The lowest BCUT2D eigenvalue weighted by atomic mass is 9.85. The van der Waals surface area contributed by atoms with Crippen molar-refractivity contribution < 1.29 is 4.79 Å². The van der Waals surface area contributed by atoms with Crippen LogP contribution < -0.4 is 5.32 Å². The number of hydrogen-bond donors (Lipinski definition) is 1. The molecule has 2 rings (SSSR count). The van der Waals surface area contributed by atoms with E-state index >= 15 is 0 Å². The first-order valence-electron chi connectivity index (χ1n) is 6.83. The van der Waals surface area contributed by atoms with Crippen molar-refractivity contribution in [3.63, 3.8) is 0 Å². The predicted molar refractivity (Wildman–Crippen MR) is 69.8 cm³/mol. The first-order valence-corrected chi connectivity index (χ1v) is 6.83. The maximum Gasteiger partial charge on any atom is 0.132 e. The fourth-order valence-corrected chi connectivity index (χ4v) is 2.99. The average Bonchev–Trinajstić information content (AvgIpc) is 2.39. The minimum atomic E-state index is 0.433. The third-order valence-corrected chi connectivity index (χ3v) is 4.32. The number of likely N-dealkylation sites (tertiary alicyclic amines) is 1. The van der Waals surface area contributed by atoms with Gasteiger partial charge in [-0.05, 0) is 38.6 Å². The monoisotopic (exact) mass is 236 g/mol. The molecule has 0 unspecified atom stereocenters. The fraction of sp³-hybridized carbons (Fsp3) is 0.786. The molecule has 1 N–H and O–H groups in total. The quantitative estimate of drug-likeness (QED) is 0.813. The van der Waals surface area contributed by atoms with Crippen molar-refractivity contribution in [1.29, 1.82) is 0 Å². The smallest absolute Gasteiger partial charge is 0.132 e. The van der Waals surface area contributed by atoms with Crippen molar-refractivity contribution >= 4 is 5.78 Å². The number of piperidine rings is 1. The van der Waals surface area contributed by atoms with E-state index in [4.69, 9.17) is 0 Å². The van der Waals surface area contributed by atoms with Crippen LogP contribution in [0.25, 0.3) is 0 Å². The van der Waals surface area contributed by atoms with Crippen molar-refractivity contribution in [2.24, 2.45) is 5.92 Å². The molecule has 3 heteroatoms. The zero-order chi connectivity index (χ0) is 12.3. The molecule has 0 aromatic carbocycles. The van der Waals surface area contributed by atoms with E-state index in [-0.39, 0.29) is 0 Å².